The maximum absolute atomic E-state index is 12.4. The van der Waals surface area contributed by atoms with Crippen LogP contribution in [0.4, 0.5) is 0 Å². The number of aliphatic hydroxyl groups is 2. The molecule has 1 saturated heterocycles. The van der Waals surface area contributed by atoms with Crippen LogP contribution < -0.4 is 11.2 Å². The number of aromatic amines is 1. The van der Waals surface area contributed by atoms with E-state index in [1.807, 2.05) is 22.9 Å². The molecule has 0 amide bonds. The molecule has 1 aliphatic heterocycles. The minimum atomic E-state index is -0.900. The van der Waals surface area contributed by atoms with Gasteiger partial charge in [-0.15, -0.1) is 22.7 Å². The number of thiophene rings is 2. The Morgan fingerprint density at radius 1 is 1.09 bits per heavy atom. The molecule has 4 aromatic rings. The molecule has 3 atom stereocenters. The summed E-state index contributed by atoms with van der Waals surface area (Å²) in [7, 11) is 0. The van der Waals surface area contributed by atoms with Crippen LogP contribution in [0.5, 0.6) is 0 Å². The first-order valence-corrected chi connectivity index (χ1v) is 12.4. The average Bonchev–Trinajstić information content (AvgIpc) is 3.62. The van der Waals surface area contributed by atoms with E-state index in [9.17, 15) is 19.8 Å². The summed E-state index contributed by atoms with van der Waals surface area (Å²) in [5.74, 6) is 5.96. The van der Waals surface area contributed by atoms with Crippen LogP contribution in [-0.2, 0) is 11.3 Å². The molecule has 4 aromatic heterocycles. The quantitative estimate of drug-likeness (QED) is 0.369. The molecule has 5 rings (SSSR count). The summed E-state index contributed by atoms with van der Waals surface area (Å²) in [5.41, 5.74) is 0.949. The molecule has 0 aromatic carbocycles. The smallest absolute Gasteiger partial charge is 0.330 e. The molecule has 34 heavy (non-hydrogen) atoms. The van der Waals surface area contributed by atoms with E-state index in [0.29, 0.717) is 6.54 Å². The first-order valence-electron chi connectivity index (χ1n) is 10.6. The summed E-state index contributed by atoms with van der Waals surface area (Å²) in [6.07, 6.45) is -0.998. The number of nitrogens with zero attached hydrogens (tertiary/aromatic N) is 2. The second kappa shape index (κ2) is 9.58. The number of ether oxygens (including phenoxy) is 1. The van der Waals surface area contributed by atoms with E-state index >= 15 is 0 Å². The number of hydrogen-bond acceptors (Lipinski definition) is 7. The van der Waals surface area contributed by atoms with Crippen LogP contribution in [0.2, 0.25) is 0 Å². The zero-order valence-corrected chi connectivity index (χ0v) is 19.5. The van der Waals surface area contributed by atoms with Crippen molar-refractivity contribution in [1.82, 2.24) is 14.1 Å². The lowest BCUT2D eigenvalue weighted by Crippen LogP contribution is -2.33. The highest BCUT2D eigenvalue weighted by molar-refractivity contribution is 7.14. The summed E-state index contributed by atoms with van der Waals surface area (Å²) < 4.78 is 8.86. The summed E-state index contributed by atoms with van der Waals surface area (Å²) in [6.45, 7) is -0.0181. The van der Waals surface area contributed by atoms with E-state index in [-0.39, 0.29) is 18.6 Å². The molecular formula is C24H21N3O5S2. The standard InChI is InChI=1S/C24H21N3O5S2/c28-14-19-18(29)12-22(32-19)27-13-15(23(30)25-24(27)31)4-1-9-26-16(20-5-2-10-33-20)7-8-17(26)21-6-3-11-34-21/h2-3,5-8,10-11,13,18-19,22,28-29H,9,12,14H2,(H,25,30,31)/t18-,19+,22+/m0/s1. The molecule has 0 aliphatic carbocycles. The van der Waals surface area contributed by atoms with Crippen molar-refractivity contribution in [2.45, 2.75) is 31.4 Å². The van der Waals surface area contributed by atoms with Crippen molar-refractivity contribution >= 4 is 22.7 Å². The first-order chi connectivity index (χ1) is 16.5. The van der Waals surface area contributed by atoms with E-state index in [4.69, 9.17) is 4.74 Å². The SMILES string of the molecule is O=c1[nH]c(=O)n([C@H]2C[C@H](O)[C@@H](CO)O2)cc1C#CCn1c(-c2cccs2)ccc1-c1cccs1. The number of nitrogens with one attached hydrogen (secondary N) is 1. The number of H-pyrrole nitrogens is 1. The Kier molecular flexibility index (Phi) is 6.36. The van der Waals surface area contributed by atoms with Crippen molar-refractivity contribution in [1.29, 1.82) is 0 Å². The van der Waals surface area contributed by atoms with Gasteiger partial charge in [0.2, 0.25) is 0 Å². The highest BCUT2D eigenvalue weighted by Gasteiger charge is 2.35. The Bertz CT molecular complexity index is 1400. The van der Waals surface area contributed by atoms with Crippen LogP contribution >= 0.6 is 22.7 Å². The van der Waals surface area contributed by atoms with Gasteiger partial charge in [-0.1, -0.05) is 24.0 Å². The van der Waals surface area contributed by atoms with Gasteiger partial charge in [0, 0.05) is 12.6 Å². The normalized spacial score (nSPS) is 19.8. The van der Waals surface area contributed by atoms with Crippen LogP contribution in [0.1, 0.15) is 18.2 Å². The Hall–Kier alpha value is -3.20. The van der Waals surface area contributed by atoms with E-state index in [2.05, 4.69) is 45.7 Å². The summed E-state index contributed by atoms with van der Waals surface area (Å²) in [4.78, 5) is 29.2. The first kappa shape index (κ1) is 22.6. The second-order valence-corrected chi connectivity index (χ2v) is 9.67. The van der Waals surface area contributed by atoms with Gasteiger partial charge >= 0.3 is 5.69 Å². The van der Waals surface area contributed by atoms with Gasteiger partial charge in [-0.3, -0.25) is 14.3 Å². The van der Waals surface area contributed by atoms with E-state index in [0.717, 1.165) is 21.1 Å². The van der Waals surface area contributed by atoms with Gasteiger partial charge in [-0.05, 0) is 35.0 Å². The van der Waals surface area contributed by atoms with Gasteiger partial charge in [-0.2, -0.15) is 0 Å². The minimum Gasteiger partial charge on any atom is -0.394 e. The van der Waals surface area contributed by atoms with Crippen LogP contribution in [0.3, 0.4) is 0 Å². The van der Waals surface area contributed by atoms with Gasteiger partial charge in [0.15, 0.2) is 0 Å². The molecule has 3 N–H and O–H groups in total. The van der Waals surface area contributed by atoms with Crippen LogP contribution in [-0.4, -0.2) is 43.1 Å². The number of aliphatic hydroxyl groups excluding tert-OH is 2. The average molecular weight is 496 g/mol. The molecule has 0 spiro atoms. The molecule has 0 saturated carbocycles. The molecular weight excluding hydrogens is 474 g/mol. The second-order valence-electron chi connectivity index (χ2n) is 7.77. The highest BCUT2D eigenvalue weighted by Crippen LogP contribution is 2.33. The molecule has 1 fully saturated rings. The topological polar surface area (TPSA) is 109 Å². The summed E-state index contributed by atoms with van der Waals surface area (Å²) in [6, 6.07) is 12.2. The monoisotopic (exact) mass is 495 g/mol. The Balaban J connectivity index is 1.47. The predicted octanol–water partition coefficient (Wildman–Crippen LogP) is 2.49. The van der Waals surface area contributed by atoms with Gasteiger partial charge in [-0.25, -0.2) is 4.79 Å². The minimum absolute atomic E-state index is 0.118. The predicted molar refractivity (Wildman–Crippen MR) is 131 cm³/mol. The maximum atomic E-state index is 12.4. The third-order valence-corrected chi connectivity index (χ3v) is 7.44. The van der Waals surface area contributed by atoms with Crippen molar-refractivity contribution in [3.05, 3.63) is 79.8 Å². The third-order valence-electron chi connectivity index (χ3n) is 5.65. The summed E-state index contributed by atoms with van der Waals surface area (Å²) in [5, 5.41) is 23.3. The van der Waals surface area contributed by atoms with E-state index < -0.39 is 29.7 Å². The molecule has 8 nitrogen and oxygen atoms in total. The van der Waals surface area contributed by atoms with Crippen molar-refractivity contribution in [3.63, 3.8) is 0 Å². The van der Waals surface area contributed by atoms with Gasteiger partial charge in [0.1, 0.15) is 17.9 Å². The highest BCUT2D eigenvalue weighted by atomic mass is 32.1. The Morgan fingerprint density at radius 3 is 2.32 bits per heavy atom. The van der Waals surface area contributed by atoms with Crippen LogP contribution in [0.15, 0.2) is 62.9 Å². The van der Waals surface area contributed by atoms with Crippen molar-refractivity contribution < 1.29 is 14.9 Å². The third kappa shape index (κ3) is 4.32. The Labute approximate surface area is 202 Å². The molecule has 0 bridgehead atoms. The Morgan fingerprint density at radius 2 is 1.76 bits per heavy atom. The van der Waals surface area contributed by atoms with Crippen molar-refractivity contribution in [3.8, 4) is 33.0 Å². The van der Waals surface area contributed by atoms with Gasteiger partial charge in [0.25, 0.3) is 5.56 Å². The zero-order valence-electron chi connectivity index (χ0n) is 17.9. The van der Waals surface area contributed by atoms with E-state index in [1.54, 1.807) is 22.7 Å². The molecule has 1 aliphatic rings. The molecule has 5 heterocycles. The molecule has 10 heteroatoms. The molecule has 0 radical (unpaired) electrons. The van der Waals surface area contributed by atoms with Gasteiger partial charge < -0.3 is 19.5 Å². The van der Waals surface area contributed by atoms with Crippen LogP contribution in [0, 0.1) is 11.8 Å². The largest absolute Gasteiger partial charge is 0.394 e. The maximum Gasteiger partial charge on any atom is 0.330 e. The molecule has 174 valence electrons. The fraction of sp³-hybridized carbons (Fsp3) is 0.250. The molecule has 0 unspecified atom stereocenters. The van der Waals surface area contributed by atoms with E-state index in [1.165, 1.54) is 10.8 Å². The lowest BCUT2D eigenvalue weighted by molar-refractivity contribution is -0.0459. The zero-order chi connectivity index (χ0) is 23.7. The lowest BCUT2D eigenvalue weighted by Gasteiger charge is -2.14. The van der Waals surface area contributed by atoms with Crippen LogP contribution in [0.25, 0.3) is 21.1 Å². The lowest BCUT2D eigenvalue weighted by atomic mass is 10.2. The fourth-order valence-electron chi connectivity index (χ4n) is 3.97. The van der Waals surface area contributed by atoms with Crippen molar-refractivity contribution in [2.75, 3.05) is 6.61 Å². The number of hydrogen-bond donors (Lipinski definition) is 3. The summed E-state index contributed by atoms with van der Waals surface area (Å²) >= 11 is 3.28. The van der Waals surface area contributed by atoms with Gasteiger partial charge in [0.05, 0.1) is 40.4 Å². The number of rotatable bonds is 5. The number of aromatic nitrogens is 3. The fourth-order valence-corrected chi connectivity index (χ4v) is 5.49. The van der Waals surface area contributed by atoms with Crippen molar-refractivity contribution in [2.24, 2.45) is 0 Å².